The van der Waals surface area contributed by atoms with Gasteiger partial charge < -0.3 is 10.3 Å². The van der Waals surface area contributed by atoms with E-state index in [0.29, 0.717) is 5.92 Å². The fourth-order valence-corrected chi connectivity index (χ4v) is 4.33. The topological polar surface area (TPSA) is 56.7 Å². The van der Waals surface area contributed by atoms with Gasteiger partial charge in [-0.05, 0) is 44.1 Å². The van der Waals surface area contributed by atoms with Crippen molar-refractivity contribution in [2.75, 3.05) is 6.54 Å². The molecule has 4 heteroatoms. The van der Waals surface area contributed by atoms with Gasteiger partial charge in [-0.2, -0.15) is 0 Å². The molecule has 0 amide bonds. The Morgan fingerprint density at radius 3 is 2.70 bits per heavy atom. The molecule has 4 nitrogen and oxygen atoms in total. The fraction of sp³-hybridized carbons (Fsp3) is 0.875. The fourth-order valence-electron chi connectivity index (χ4n) is 4.33. The van der Waals surface area contributed by atoms with Gasteiger partial charge in [-0.25, -0.2) is 0 Å². The molecule has 1 unspecified atom stereocenters. The van der Waals surface area contributed by atoms with E-state index in [-0.39, 0.29) is 5.41 Å². The Morgan fingerprint density at radius 2 is 2.05 bits per heavy atom. The van der Waals surface area contributed by atoms with Gasteiger partial charge in [0.15, 0.2) is 0 Å². The van der Waals surface area contributed by atoms with Gasteiger partial charge in [0.25, 0.3) is 0 Å². The third-order valence-electron chi connectivity index (χ3n) is 5.21. The van der Waals surface area contributed by atoms with E-state index in [9.17, 15) is 0 Å². The molecule has 2 N–H and O–H groups in total. The van der Waals surface area contributed by atoms with Crippen LogP contribution in [0.25, 0.3) is 0 Å². The molecular formula is C16H28N4. The molecule has 3 rings (SSSR count). The summed E-state index contributed by atoms with van der Waals surface area (Å²) in [6.07, 6.45) is 8.73. The summed E-state index contributed by atoms with van der Waals surface area (Å²) in [7, 11) is 0. The van der Waals surface area contributed by atoms with E-state index in [1.54, 1.807) is 0 Å². The van der Waals surface area contributed by atoms with E-state index in [1.165, 1.54) is 50.2 Å². The molecule has 0 saturated heterocycles. The Morgan fingerprint density at radius 1 is 1.30 bits per heavy atom. The average Bonchev–Trinajstić information content (AvgIpc) is 3.04. The van der Waals surface area contributed by atoms with Crippen LogP contribution < -0.4 is 5.73 Å². The Hall–Kier alpha value is -0.900. The molecule has 1 aromatic heterocycles. The van der Waals surface area contributed by atoms with Crippen molar-refractivity contribution in [3.8, 4) is 0 Å². The number of nitrogens with zero attached hydrogens (tertiary/aromatic N) is 3. The van der Waals surface area contributed by atoms with Crippen molar-refractivity contribution in [1.29, 1.82) is 0 Å². The first kappa shape index (κ1) is 14.1. The second-order valence-electron chi connectivity index (χ2n) is 7.28. The van der Waals surface area contributed by atoms with Crippen LogP contribution in [0, 0.1) is 11.8 Å². The Bertz CT molecular complexity index is 457. The first-order valence-corrected chi connectivity index (χ1v) is 8.27. The number of fused-ring (bicyclic) bond motifs is 1. The van der Waals surface area contributed by atoms with Crippen LogP contribution >= 0.6 is 0 Å². The molecule has 1 aliphatic heterocycles. The summed E-state index contributed by atoms with van der Waals surface area (Å²) in [5, 5.41) is 9.14. The van der Waals surface area contributed by atoms with Crippen molar-refractivity contribution in [3.05, 3.63) is 11.6 Å². The first-order chi connectivity index (χ1) is 9.64. The maximum Gasteiger partial charge on any atom is 0.139 e. The minimum absolute atomic E-state index is 0.288. The number of aromatic nitrogens is 3. The predicted octanol–water partition coefficient (Wildman–Crippen LogP) is 2.66. The van der Waals surface area contributed by atoms with Gasteiger partial charge in [0.2, 0.25) is 0 Å². The maximum atomic E-state index is 5.89. The predicted molar refractivity (Wildman–Crippen MR) is 80.5 cm³/mol. The average molecular weight is 276 g/mol. The summed E-state index contributed by atoms with van der Waals surface area (Å²) < 4.78 is 2.43. The van der Waals surface area contributed by atoms with Crippen molar-refractivity contribution in [1.82, 2.24) is 14.8 Å². The molecular weight excluding hydrogens is 248 g/mol. The number of nitrogens with two attached hydrogens (primary N) is 1. The van der Waals surface area contributed by atoms with Gasteiger partial charge in [0.05, 0.1) is 0 Å². The van der Waals surface area contributed by atoms with Gasteiger partial charge in [-0.3, -0.25) is 0 Å². The van der Waals surface area contributed by atoms with E-state index in [1.807, 2.05) is 0 Å². The largest absolute Gasteiger partial charge is 0.330 e. The third-order valence-corrected chi connectivity index (χ3v) is 5.21. The first-order valence-electron chi connectivity index (χ1n) is 8.27. The van der Waals surface area contributed by atoms with E-state index < -0.39 is 0 Å². The van der Waals surface area contributed by atoms with Gasteiger partial charge in [0, 0.05) is 18.4 Å². The summed E-state index contributed by atoms with van der Waals surface area (Å²) in [6, 6.07) is 0. The van der Waals surface area contributed by atoms with E-state index in [0.717, 1.165) is 25.4 Å². The minimum atomic E-state index is 0.288. The molecule has 0 radical (unpaired) electrons. The zero-order chi connectivity index (χ0) is 14.2. The van der Waals surface area contributed by atoms with Crippen LogP contribution in [0.1, 0.15) is 64.0 Å². The maximum absolute atomic E-state index is 5.89. The zero-order valence-corrected chi connectivity index (χ0v) is 12.9. The molecule has 0 spiro atoms. The zero-order valence-electron chi connectivity index (χ0n) is 12.9. The highest BCUT2D eigenvalue weighted by Gasteiger charge is 2.41. The summed E-state index contributed by atoms with van der Waals surface area (Å²) in [5.74, 6) is 3.79. The molecule has 1 fully saturated rings. The van der Waals surface area contributed by atoms with Gasteiger partial charge in [-0.1, -0.05) is 26.7 Å². The van der Waals surface area contributed by atoms with Crippen LogP contribution in [0.5, 0.6) is 0 Å². The minimum Gasteiger partial charge on any atom is -0.330 e. The molecule has 1 saturated carbocycles. The quantitative estimate of drug-likeness (QED) is 0.920. The van der Waals surface area contributed by atoms with E-state index in [2.05, 4.69) is 28.6 Å². The lowest BCUT2D eigenvalue weighted by atomic mass is 9.77. The lowest BCUT2D eigenvalue weighted by Gasteiger charge is -2.32. The van der Waals surface area contributed by atoms with Crippen molar-refractivity contribution >= 4 is 0 Å². The highest BCUT2D eigenvalue weighted by molar-refractivity contribution is 5.15. The molecule has 2 heterocycles. The second kappa shape index (κ2) is 5.47. The number of hydrogen-bond acceptors (Lipinski definition) is 3. The molecule has 0 aromatic carbocycles. The highest BCUT2D eigenvalue weighted by atomic mass is 15.3. The normalized spacial score (nSPS) is 25.1. The molecule has 20 heavy (non-hydrogen) atoms. The summed E-state index contributed by atoms with van der Waals surface area (Å²) >= 11 is 0. The van der Waals surface area contributed by atoms with Crippen LogP contribution in [0.3, 0.4) is 0 Å². The second-order valence-corrected chi connectivity index (χ2v) is 7.28. The van der Waals surface area contributed by atoms with E-state index >= 15 is 0 Å². The summed E-state index contributed by atoms with van der Waals surface area (Å²) in [5.41, 5.74) is 6.18. The highest BCUT2D eigenvalue weighted by Crippen LogP contribution is 2.45. The van der Waals surface area contributed by atoms with Crippen molar-refractivity contribution in [3.63, 3.8) is 0 Å². The molecule has 1 aliphatic carbocycles. The lowest BCUT2D eigenvalue weighted by molar-refractivity contribution is 0.293. The molecule has 0 bridgehead atoms. The molecule has 112 valence electrons. The Balaban J connectivity index is 1.94. The summed E-state index contributed by atoms with van der Waals surface area (Å²) in [6.45, 7) is 6.48. The smallest absolute Gasteiger partial charge is 0.139 e. The number of hydrogen-bond donors (Lipinski definition) is 1. The summed E-state index contributed by atoms with van der Waals surface area (Å²) in [4.78, 5) is 0. The lowest BCUT2D eigenvalue weighted by Crippen LogP contribution is -2.33. The van der Waals surface area contributed by atoms with Crippen LogP contribution in [-0.2, 0) is 18.4 Å². The molecule has 2 aliphatic rings. The number of aryl methyl sites for hydroxylation is 1. The van der Waals surface area contributed by atoms with Crippen LogP contribution in [-0.4, -0.2) is 21.3 Å². The third kappa shape index (κ3) is 2.39. The van der Waals surface area contributed by atoms with Crippen molar-refractivity contribution < 1.29 is 0 Å². The molecule has 1 atom stereocenters. The van der Waals surface area contributed by atoms with Gasteiger partial charge in [-0.15, -0.1) is 10.2 Å². The van der Waals surface area contributed by atoms with Crippen molar-refractivity contribution in [2.24, 2.45) is 17.6 Å². The Kier molecular flexibility index (Phi) is 3.85. The standard InChI is InChI=1S/C16H28N4/c1-12(2)9-16(7-3-4-8-16)15-19-18-14-6-5-13(10-17)11-20(14)15/h12-13H,3-11,17H2,1-2H3. The van der Waals surface area contributed by atoms with Crippen LogP contribution in [0.15, 0.2) is 0 Å². The monoisotopic (exact) mass is 276 g/mol. The van der Waals surface area contributed by atoms with Crippen molar-refractivity contribution in [2.45, 2.75) is 70.8 Å². The van der Waals surface area contributed by atoms with E-state index in [4.69, 9.17) is 5.73 Å². The SMILES string of the molecule is CC(C)CC1(c2nnc3n2CC(CN)CC3)CCCC1. The number of rotatable bonds is 4. The van der Waals surface area contributed by atoms with Gasteiger partial charge >= 0.3 is 0 Å². The Labute approximate surface area is 122 Å². The van der Waals surface area contributed by atoms with Crippen LogP contribution in [0.4, 0.5) is 0 Å². The van der Waals surface area contributed by atoms with Gasteiger partial charge in [0.1, 0.15) is 11.6 Å². The molecule has 1 aromatic rings. The van der Waals surface area contributed by atoms with Crippen LogP contribution in [0.2, 0.25) is 0 Å².